The standard InChI is InChI=1S/C35H73NO3.BrH/c1-5-7-9-11-13-15-17-19-21-23-25-27-31-38-33-35(34(29-30-37)36(3)4)39-32-28-26-24-22-20-18-16-14-12-10-8-6-2;/h34-35,37H,5-33H2,1-4H3;1H. The minimum atomic E-state index is 0. The molecule has 4 nitrogen and oxygen atoms in total. The average Bonchev–Trinajstić information content (AvgIpc) is 2.93. The van der Waals surface area contributed by atoms with E-state index in [1.54, 1.807) is 0 Å². The molecule has 0 aliphatic carbocycles. The SMILES string of the molecule is CCCCCCCCCCCCCCOCC(OCCCCCCCCCCCCCC)C(CCO)[NH+](C)C.[Br-]. The number of unbranched alkanes of at least 4 members (excludes halogenated alkanes) is 22. The molecule has 0 fully saturated rings. The Kier molecular flexibility index (Phi) is 37.7. The number of aliphatic hydroxyl groups is 1. The smallest absolute Gasteiger partial charge is 0.132 e. The summed E-state index contributed by atoms with van der Waals surface area (Å²) in [6.07, 6.45) is 33.7. The molecule has 0 aromatic rings. The zero-order chi connectivity index (χ0) is 28.7. The van der Waals surface area contributed by atoms with Crippen LogP contribution in [0.5, 0.6) is 0 Å². The number of nitrogens with one attached hydrogen (secondary N) is 1. The van der Waals surface area contributed by atoms with Crippen molar-refractivity contribution in [1.29, 1.82) is 0 Å². The molecular weight excluding hydrogens is 562 g/mol. The van der Waals surface area contributed by atoms with Crippen LogP contribution < -0.4 is 21.9 Å². The summed E-state index contributed by atoms with van der Waals surface area (Å²) < 4.78 is 12.5. The summed E-state index contributed by atoms with van der Waals surface area (Å²) in [5.74, 6) is 0. The van der Waals surface area contributed by atoms with E-state index in [-0.39, 0.29) is 35.7 Å². The second-order valence-electron chi connectivity index (χ2n) is 12.5. The van der Waals surface area contributed by atoms with Gasteiger partial charge in [-0.05, 0) is 12.8 Å². The van der Waals surface area contributed by atoms with Crippen LogP contribution in [0.4, 0.5) is 0 Å². The van der Waals surface area contributed by atoms with E-state index in [1.165, 1.54) is 146 Å². The van der Waals surface area contributed by atoms with Crippen LogP contribution in [0.2, 0.25) is 0 Å². The first-order valence-electron chi connectivity index (χ1n) is 17.8. The summed E-state index contributed by atoms with van der Waals surface area (Å²) >= 11 is 0. The maximum atomic E-state index is 9.60. The fourth-order valence-electron chi connectivity index (χ4n) is 5.69. The van der Waals surface area contributed by atoms with E-state index in [1.807, 2.05) is 0 Å². The van der Waals surface area contributed by atoms with Crippen molar-refractivity contribution in [1.82, 2.24) is 0 Å². The first-order chi connectivity index (χ1) is 19.2. The Labute approximate surface area is 262 Å². The summed E-state index contributed by atoms with van der Waals surface area (Å²) in [6.45, 7) is 7.11. The van der Waals surface area contributed by atoms with Crippen LogP contribution in [-0.4, -0.2) is 57.8 Å². The van der Waals surface area contributed by atoms with Gasteiger partial charge in [0.05, 0.1) is 20.7 Å². The highest BCUT2D eigenvalue weighted by molar-refractivity contribution is 4.69. The van der Waals surface area contributed by atoms with Gasteiger partial charge in [0, 0.05) is 26.2 Å². The molecule has 0 bridgehead atoms. The predicted octanol–water partition coefficient (Wildman–Crippen LogP) is 5.69. The lowest BCUT2D eigenvalue weighted by Gasteiger charge is -2.29. The Balaban J connectivity index is 0. The lowest BCUT2D eigenvalue weighted by Crippen LogP contribution is -3.11. The average molecular weight is 637 g/mol. The lowest BCUT2D eigenvalue weighted by molar-refractivity contribution is -0.890. The summed E-state index contributed by atoms with van der Waals surface area (Å²) in [4.78, 5) is 1.35. The Morgan fingerprint density at radius 3 is 1.23 bits per heavy atom. The zero-order valence-corrected chi connectivity index (χ0v) is 29.4. The van der Waals surface area contributed by atoms with Gasteiger partial charge in [-0.15, -0.1) is 0 Å². The fourth-order valence-corrected chi connectivity index (χ4v) is 5.69. The van der Waals surface area contributed by atoms with Crippen molar-refractivity contribution in [3.63, 3.8) is 0 Å². The number of likely N-dealkylation sites (N-methyl/N-ethyl adjacent to an activating group) is 1. The molecule has 0 aliphatic rings. The summed E-state index contributed by atoms with van der Waals surface area (Å²) in [5, 5.41) is 9.60. The third kappa shape index (κ3) is 29.8. The molecule has 0 spiro atoms. The van der Waals surface area contributed by atoms with Crippen molar-refractivity contribution in [2.75, 3.05) is 40.5 Å². The molecule has 0 aliphatic heterocycles. The summed E-state index contributed by atoms with van der Waals surface area (Å²) in [7, 11) is 4.34. The lowest BCUT2D eigenvalue weighted by atomic mass is 10.1. The topological polar surface area (TPSA) is 43.1 Å². The molecule has 0 heterocycles. The first kappa shape index (κ1) is 42.5. The van der Waals surface area contributed by atoms with Gasteiger partial charge < -0.3 is 36.5 Å². The van der Waals surface area contributed by atoms with E-state index in [0.717, 1.165) is 32.5 Å². The molecular formula is C35H74BrNO3. The second-order valence-corrected chi connectivity index (χ2v) is 12.5. The largest absolute Gasteiger partial charge is 1.00 e. The maximum Gasteiger partial charge on any atom is 0.132 e. The predicted molar refractivity (Wildman–Crippen MR) is 171 cm³/mol. The molecule has 40 heavy (non-hydrogen) atoms. The summed E-state index contributed by atoms with van der Waals surface area (Å²) in [6, 6.07) is 0.286. The van der Waals surface area contributed by atoms with Gasteiger partial charge in [-0.25, -0.2) is 0 Å². The highest BCUT2D eigenvalue weighted by Gasteiger charge is 2.27. The van der Waals surface area contributed by atoms with Gasteiger partial charge in [-0.3, -0.25) is 0 Å². The monoisotopic (exact) mass is 635 g/mol. The molecule has 0 radical (unpaired) electrons. The van der Waals surface area contributed by atoms with Crippen LogP contribution in [0.3, 0.4) is 0 Å². The molecule has 2 atom stereocenters. The van der Waals surface area contributed by atoms with E-state index in [4.69, 9.17) is 9.47 Å². The third-order valence-electron chi connectivity index (χ3n) is 8.38. The molecule has 5 heteroatoms. The Hall–Kier alpha value is 0.320. The normalized spacial score (nSPS) is 13.1. The third-order valence-corrected chi connectivity index (χ3v) is 8.38. The van der Waals surface area contributed by atoms with Crippen LogP contribution in [0, 0.1) is 0 Å². The van der Waals surface area contributed by atoms with Crippen molar-refractivity contribution in [3.05, 3.63) is 0 Å². The Morgan fingerprint density at radius 2 is 0.875 bits per heavy atom. The number of hydrogen-bond acceptors (Lipinski definition) is 3. The van der Waals surface area contributed by atoms with E-state index in [9.17, 15) is 5.11 Å². The van der Waals surface area contributed by atoms with Gasteiger partial charge in [0.25, 0.3) is 0 Å². The van der Waals surface area contributed by atoms with Gasteiger partial charge in [-0.2, -0.15) is 0 Å². The molecule has 0 rings (SSSR count). The Morgan fingerprint density at radius 1 is 0.525 bits per heavy atom. The minimum absolute atomic E-state index is 0. The van der Waals surface area contributed by atoms with Gasteiger partial charge in [0.15, 0.2) is 0 Å². The molecule has 0 saturated heterocycles. The highest BCUT2D eigenvalue weighted by atomic mass is 79.9. The van der Waals surface area contributed by atoms with Gasteiger partial charge in [0.2, 0.25) is 0 Å². The van der Waals surface area contributed by atoms with Crippen LogP contribution in [0.1, 0.15) is 174 Å². The molecule has 0 amide bonds. The molecule has 2 unspecified atom stereocenters. The molecule has 0 aromatic carbocycles. The maximum absolute atomic E-state index is 9.60. The van der Waals surface area contributed by atoms with Crippen LogP contribution in [-0.2, 0) is 9.47 Å². The first-order valence-corrected chi connectivity index (χ1v) is 17.8. The molecule has 2 N–H and O–H groups in total. The molecule has 244 valence electrons. The molecule has 0 saturated carbocycles. The number of ether oxygens (including phenoxy) is 2. The van der Waals surface area contributed by atoms with Gasteiger partial charge in [0.1, 0.15) is 12.1 Å². The van der Waals surface area contributed by atoms with Crippen molar-refractivity contribution < 1.29 is 36.5 Å². The zero-order valence-electron chi connectivity index (χ0n) is 27.8. The van der Waals surface area contributed by atoms with Crippen molar-refractivity contribution in [2.45, 2.75) is 187 Å². The fraction of sp³-hybridized carbons (Fsp3) is 1.00. The number of halogens is 1. The van der Waals surface area contributed by atoms with Gasteiger partial charge >= 0.3 is 0 Å². The number of aliphatic hydroxyl groups excluding tert-OH is 1. The number of rotatable bonds is 33. The van der Waals surface area contributed by atoms with E-state index < -0.39 is 0 Å². The quantitative estimate of drug-likeness (QED) is 0.0911. The van der Waals surface area contributed by atoms with E-state index in [2.05, 4.69) is 27.9 Å². The van der Waals surface area contributed by atoms with Crippen LogP contribution in [0.25, 0.3) is 0 Å². The van der Waals surface area contributed by atoms with Crippen molar-refractivity contribution in [3.8, 4) is 0 Å². The highest BCUT2D eigenvalue weighted by Crippen LogP contribution is 2.14. The second kappa shape index (κ2) is 35.5. The summed E-state index contributed by atoms with van der Waals surface area (Å²) in [5.41, 5.74) is 0. The van der Waals surface area contributed by atoms with E-state index >= 15 is 0 Å². The van der Waals surface area contributed by atoms with Crippen molar-refractivity contribution >= 4 is 0 Å². The van der Waals surface area contributed by atoms with Crippen LogP contribution >= 0.6 is 0 Å². The Bertz CT molecular complexity index is 452. The van der Waals surface area contributed by atoms with E-state index in [0.29, 0.717) is 6.61 Å². The van der Waals surface area contributed by atoms with Crippen molar-refractivity contribution in [2.24, 2.45) is 0 Å². The molecule has 0 aromatic heterocycles. The minimum Gasteiger partial charge on any atom is -1.00 e. The van der Waals surface area contributed by atoms with Gasteiger partial charge in [-0.1, -0.05) is 155 Å². The van der Waals surface area contributed by atoms with Crippen LogP contribution in [0.15, 0.2) is 0 Å². The number of hydrogen-bond donors (Lipinski definition) is 2. The number of quaternary nitrogens is 1.